The predicted molar refractivity (Wildman–Crippen MR) is 74.5 cm³/mol. The molecule has 0 heterocycles. The van der Waals surface area contributed by atoms with Crippen molar-refractivity contribution in [3.63, 3.8) is 0 Å². The number of hydrogen-bond donors (Lipinski definition) is 1. The second kappa shape index (κ2) is 6.71. The van der Waals surface area contributed by atoms with Crippen LogP contribution in [0.1, 0.15) is 17.0 Å². The minimum Gasteiger partial charge on any atom is -0.460 e. The molecule has 0 saturated heterocycles. The van der Waals surface area contributed by atoms with Crippen molar-refractivity contribution in [3.05, 3.63) is 71.8 Å². The number of esters is 1. The van der Waals surface area contributed by atoms with Gasteiger partial charge < -0.3 is 10.5 Å². The molecule has 0 aliphatic rings. The summed E-state index contributed by atoms with van der Waals surface area (Å²) in [6.07, 6.45) is 0. The number of ether oxygens (including phenoxy) is 1. The number of nitrogens with two attached hydrogens (primary N) is 1. The first-order chi connectivity index (χ1) is 9.31. The van der Waals surface area contributed by atoms with E-state index in [4.69, 9.17) is 10.5 Å². The molecule has 0 fully saturated rings. The van der Waals surface area contributed by atoms with Crippen molar-refractivity contribution in [1.82, 2.24) is 0 Å². The molecule has 1 atom stereocenters. The monoisotopic (exact) mass is 255 g/mol. The average Bonchev–Trinajstić information content (AvgIpc) is 2.48. The van der Waals surface area contributed by atoms with Gasteiger partial charge in [0.05, 0.1) is 5.92 Å². The minimum absolute atomic E-state index is 0.248. The van der Waals surface area contributed by atoms with E-state index in [9.17, 15) is 4.79 Å². The summed E-state index contributed by atoms with van der Waals surface area (Å²) in [6.45, 7) is 0.528. The van der Waals surface area contributed by atoms with Crippen molar-refractivity contribution in [2.45, 2.75) is 12.5 Å². The number of benzene rings is 2. The third kappa shape index (κ3) is 3.66. The van der Waals surface area contributed by atoms with Gasteiger partial charge in [0.2, 0.25) is 0 Å². The molecule has 0 bridgehead atoms. The third-order valence-corrected chi connectivity index (χ3v) is 2.95. The molecule has 0 unspecified atom stereocenters. The van der Waals surface area contributed by atoms with Gasteiger partial charge in [-0.3, -0.25) is 4.79 Å². The molecule has 0 radical (unpaired) electrons. The fraction of sp³-hybridized carbons (Fsp3) is 0.188. The summed E-state index contributed by atoms with van der Waals surface area (Å²) in [5.74, 6) is -0.678. The molecule has 2 rings (SSSR count). The Balaban J connectivity index is 1.98. The second-order valence-corrected chi connectivity index (χ2v) is 4.29. The fourth-order valence-electron chi connectivity index (χ4n) is 1.88. The topological polar surface area (TPSA) is 52.3 Å². The molecule has 0 aliphatic heterocycles. The number of rotatable bonds is 5. The summed E-state index contributed by atoms with van der Waals surface area (Å²) in [6, 6.07) is 19.1. The van der Waals surface area contributed by atoms with Gasteiger partial charge in [-0.25, -0.2) is 0 Å². The van der Waals surface area contributed by atoms with Gasteiger partial charge in [0.25, 0.3) is 0 Å². The van der Waals surface area contributed by atoms with Gasteiger partial charge in [-0.1, -0.05) is 60.7 Å². The SMILES string of the molecule is NC[C@@H](C(=O)OCc1ccccc1)c1ccccc1. The first kappa shape index (κ1) is 13.3. The molecular weight excluding hydrogens is 238 g/mol. The first-order valence-corrected chi connectivity index (χ1v) is 6.27. The van der Waals surface area contributed by atoms with Crippen LogP contribution in [-0.2, 0) is 16.1 Å². The summed E-state index contributed by atoms with van der Waals surface area (Å²) in [7, 11) is 0. The van der Waals surface area contributed by atoms with Gasteiger partial charge in [0.15, 0.2) is 0 Å². The maximum Gasteiger partial charge on any atom is 0.315 e. The Hall–Kier alpha value is -2.13. The second-order valence-electron chi connectivity index (χ2n) is 4.29. The molecule has 98 valence electrons. The van der Waals surface area contributed by atoms with E-state index in [-0.39, 0.29) is 19.1 Å². The minimum atomic E-state index is -0.398. The van der Waals surface area contributed by atoms with E-state index >= 15 is 0 Å². The van der Waals surface area contributed by atoms with Crippen LogP contribution >= 0.6 is 0 Å². The average molecular weight is 255 g/mol. The Kier molecular flexibility index (Phi) is 4.70. The summed E-state index contributed by atoms with van der Waals surface area (Å²) < 4.78 is 5.32. The molecule has 2 aromatic rings. The van der Waals surface area contributed by atoms with Crippen molar-refractivity contribution in [2.24, 2.45) is 5.73 Å². The van der Waals surface area contributed by atoms with E-state index in [1.807, 2.05) is 60.7 Å². The van der Waals surface area contributed by atoms with E-state index in [1.165, 1.54) is 0 Å². The van der Waals surface area contributed by atoms with E-state index in [2.05, 4.69) is 0 Å². The van der Waals surface area contributed by atoms with Crippen LogP contribution in [0, 0.1) is 0 Å². The summed E-state index contributed by atoms with van der Waals surface area (Å²) in [4.78, 5) is 12.0. The van der Waals surface area contributed by atoms with E-state index < -0.39 is 5.92 Å². The van der Waals surface area contributed by atoms with E-state index in [0.29, 0.717) is 0 Å². The van der Waals surface area contributed by atoms with Crippen LogP contribution in [0.5, 0.6) is 0 Å². The molecule has 0 amide bonds. The van der Waals surface area contributed by atoms with E-state index in [1.54, 1.807) is 0 Å². The molecule has 0 spiro atoms. The van der Waals surface area contributed by atoms with Gasteiger partial charge in [-0.2, -0.15) is 0 Å². The quantitative estimate of drug-likeness (QED) is 0.835. The maximum atomic E-state index is 12.0. The largest absolute Gasteiger partial charge is 0.460 e. The Labute approximate surface area is 113 Å². The van der Waals surface area contributed by atoms with Crippen molar-refractivity contribution in [3.8, 4) is 0 Å². The van der Waals surface area contributed by atoms with E-state index in [0.717, 1.165) is 11.1 Å². The Morgan fingerprint density at radius 1 is 1.00 bits per heavy atom. The Morgan fingerprint density at radius 2 is 1.58 bits per heavy atom. The van der Waals surface area contributed by atoms with Crippen LogP contribution in [0.3, 0.4) is 0 Å². The zero-order chi connectivity index (χ0) is 13.5. The van der Waals surface area contributed by atoms with Gasteiger partial charge in [0.1, 0.15) is 6.61 Å². The lowest BCUT2D eigenvalue weighted by Gasteiger charge is -2.14. The van der Waals surface area contributed by atoms with Gasteiger partial charge in [0, 0.05) is 6.54 Å². The van der Waals surface area contributed by atoms with Crippen molar-refractivity contribution >= 4 is 5.97 Å². The fourth-order valence-corrected chi connectivity index (χ4v) is 1.88. The molecule has 0 saturated carbocycles. The lowest BCUT2D eigenvalue weighted by molar-refractivity contribution is -0.146. The molecule has 3 nitrogen and oxygen atoms in total. The van der Waals surface area contributed by atoms with Crippen LogP contribution in [0.25, 0.3) is 0 Å². The normalized spacial score (nSPS) is 11.8. The summed E-state index contributed by atoms with van der Waals surface area (Å²) in [5, 5.41) is 0. The highest BCUT2D eigenvalue weighted by molar-refractivity contribution is 5.78. The zero-order valence-corrected chi connectivity index (χ0v) is 10.7. The number of carbonyl (C=O) groups excluding carboxylic acids is 1. The Morgan fingerprint density at radius 3 is 2.16 bits per heavy atom. The van der Waals surface area contributed by atoms with Gasteiger partial charge >= 0.3 is 5.97 Å². The van der Waals surface area contributed by atoms with Crippen molar-refractivity contribution in [1.29, 1.82) is 0 Å². The standard InChI is InChI=1S/C16H17NO2/c17-11-15(14-9-5-2-6-10-14)16(18)19-12-13-7-3-1-4-8-13/h1-10,15H,11-12,17H2/t15-/m1/s1. The van der Waals surface area contributed by atoms with Gasteiger partial charge in [-0.05, 0) is 11.1 Å². The van der Waals surface area contributed by atoms with Crippen LogP contribution in [0.15, 0.2) is 60.7 Å². The number of carbonyl (C=O) groups is 1. The van der Waals surface area contributed by atoms with Crippen LogP contribution in [0.4, 0.5) is 0 Å². The number of hydrogen-bond acceptors (Lipinski definition) is 3. The van der Waals surface area contributed by atoms with Crippen LogP contribution in [-0.4, -0.2) is 12.5 Å². The first-order valence-electron chi connectivity index (χ1n) is 6.27. The smallest absolute Gasteiger partial charge is 0.315 e. The third-order valence-electron chi connectivity index (χ3n) is 2.95. The Bertz CT molecular complexity index is 511. The molecular formula is C16H17NO2. The summed E-state index contributed by atoms with van der Waals surface area (Å²) >= 11 is 0. The van der Waals surface area contributed by atoms with Crippen molar-refractivity contribution in [2.75, 3.05) is 6.54 Å². The van der Waals surface area contributed by atoms with Crippen LogP contribution < -0.4 is 5.73 Å². The highest BCUT2D eigenvalue weighted by Gasteiger charge is 2.20. The lowest BCUT2D eigenvalue weighted by atomic mass is 10.00. The molecule has 2 N–H and O–H groups in total. The molecule has 2 aromatic carbocycles. The zero-order valence-electron chi connectivity index (χ0n) is 10.7. The predicted octanol–water partition coefficient (Wildman–Crippen LogP) is 2.47. The molecule has 0 aromatic heterocycles. The lowest BCUT2D eigenvalue weighted by Crippen LogP contribution is -2.23. The highest BCUT2D eigenvalue weighted by atomic mass is 16.5. The highest BCUT2D eigenvalue weighted by Crippen LogP contribution is 2.16. The molecule has 19 heavy (non-hydrogen) atoms. The summed E-state index contributed by atoms with van der Waals surface area (Å²) in [5.41, 5.74) is 7.54. The van der Waals surface area contributed by atoms with Gasteiger partial charge in [-0.15, -0.1) is 0 Å². The maximum absolute atomic E-state index is 12.0. The molecule has 3 heteroatoms. The van der Waals surface area contributed by atoms with Crippen molar-refractivity contribution < 1.29 is 9.53 Å². The molecule has 0 aliphatic carbocycles. The van der Waals surface area contributed by atoms with Crippen LogP contribution in [0.2, 0.25) is 0 Å².